The topological polar surface area (TPSA) is 142 Å². The van der Waals surface area contributed by atoms with Gasteiger partial charge in [0.1, 0.15) is 18.0 Å². The molecule has 2 aliphatic rings. The van der Waals surface area contributed by atoms with Gasteiger partial charge in [0.05, 0.1) is 27.3 Å². The number of ether oxygens (including phenoxy) is 1. The van der Waals surface area contributed by atoms with Gasteiger partial charge in [-0.3, -0.25) is 4.52 Å². The second kappa shape index (κ2) is 12.0. The summed E-state index contributed by atoms with van der Waals surface area (Å²) in [5.74, 6) is 0.459. The van der Waals surface area contributed by atoms with E-state index in [1.54, 1.807) is 24.3 Å². The average molecular weight is 646 g/mol. The average Bonchev–Trinajstić information content (AvgIpc) is 3.74. The van der Waals surface area contributed by atoms with Crippen molar-refractivity contribution in [1.29, 1.82) is 0 Å². The predicted octanol–water partition coefficient (Wildman–Crippen LogP) is 5.80. The van der Waals surface area contributed by atoms with Crippen molar-refractivity contribution in [3.8, 4) is 5.75 Å². The number of phosphoric ester groups is 1. The molecular formula is C27H31ClF2N3O7PS. The third-order valence-electron chi connectivity index (χ3n) is 7.33. The minimum Gasteiger partial charge on any atom is -0.491 e. The van der Waals surface area contributed by atoms with E-state index < -0.39 is 30.3 Å². The molecule has 2 aromatic heterocycles. The molecule has 0 spiro atoms. The number of aromatic amines is 1. The number of sulfone groups is 1. The number of likely N-dealkylation sites (N-methyl/N-ethyl adjacent to an activating group) is 1. The first-order valence-electron chi connectivity index (χ1n) is 13.5. The Balaban J connectivity index is 1.39. The first-order chi connectivity index (χ1) is 19.8. The fourth-order valence-corrected chi connectivity index (χ4v) is 7.40. The summed E-state index contributed by atoms with van der Waals surface area (Å²) in [7, 11) is -8.39. The molecule has 2 heterocycles. The molecule has 1 aromatic carbocycles. The zero-order valence-electron chi connectivity index (χ0n) is 22.7. The molecular weight excluding hydrogens is 615 g/mol. The smallest absolute Gasteiger partial charge is 0.469 e. The number of hydrogen-bond acceptors (Lipinski definition) is 7. The van der Waals surface area contributed by atoms with Crippen molar-refractivity contribution in [1.82, 2.24) is 14.9 Å². The molecule has 0 saturated heterocycles. The number of H-pyrrole nitrogens is 1. The Kier molecular flexibility index (Phi) is 8.84. The van der Waals surface area contributed by atoms with Crippen LogP contribution in [0.3, 0.4) is 0 Å². The van der Waals surface area contributed by atoms with E-state index in [-0.39, 0.29) is 31.4 Å². The Labute approximate surface area is 246 Å². The molecule has 0 unspecified atom stereocenters. The van der Waals surface area contributed by atoms with Gasteiger partial charge in [0, 0.05) is 30.1 Å². The van der Waals surface area contributed by atoms with Crippen molar-refractivity contribution in [3.63, 3.8) is 0 Å². The van der Waals surface area contributed by atoms with Gasteiger partial charge in [-0.05, 0) is 61.4 Å². The summed E-state index contributed by atoms with van der Waals surface area (Å²) in [6.45, 7) is -0.0520. The van der Waals surface area contributed by atoms with Crippen LogP contribution in [0, 0.1) is 0 Å². The standard InChI is InChI=1S/C27H31ClF2N3O7PS/c1-2-33(27(29,30)16-40-41(34,35)36)11-4-12-39-23-10-9-21(24-22-14-18(28)15-31-26(22)32-25(23)24)17-5-3-6-20(13-17)42(37,38)19-7-8-19/h6,9-10,13-15,19H,2-5,7-8,11-12,16H2,1H3,(H,31,32)(H2,34,35,36). The lowest BCUT2D eigenvalue weighted by Gasteiger charge is -2.29. The molecule has 0 bridgehead atoms. The van der Waals surface area contributed by atoms with Gasteiger partial charge in [-0.2, -0.15) is 8.78 Å². The van der Waals surface area contributed by atoms with E-state index in [0.717, 1.165) is 26.8 Å². The van der Waals surface area contributed by atoms with Gasteiger partial charge in [0.2, 0.25) is 0 Å². The van der Waals surface area contributed by atoms with Gasteiger partial charge in [-0.15, -0.1) is 0 Å². The van der Waals surface area contributed by atoms with Crippen LogP contribution in [-0.2, 0) is 18.9 Å². The summed E-state index contributed by atoms with van der Waals surface area (Å²) >= 11 is 6.28. The zero-order chi connectivity index (χ0) is 30.3. The molecule has 2 aliphatic carbocycles. The van der Waals surface area contributed by atoms with E-state index in [0.29, 0.717) is 52.5 Å². The van der Waals surface area contributed by atoms with Crippen molar-refractivity contribution < 1.29 is 40.8 Å². The van der Waals surface area contributed by atoms with Gasteiger partial charge in [-0.1, -0.05) is 30.7 Å². The molecule has 1 saturated carbocycles. The van der Waals surface area contributed by atoms with E-state index in [4.69, 9.17) is 26.1 Å². The van der Waals surface area contributed by atoms with Crippen LogP contribution in [-0.4, -0.2) is 70.7 Å². The number of hydrogen-bond donors (Lipinski definition) is 3. The molecule has 3 N–H and O–H groups in total. The molecule has 15 heteroatoms. The summed E-state index contributed by atoms with van der Waals surface area (Å²) in [5.41, 5.74) is 2.87. The maximum absolute atomic E-state index is 14.4. The van der Waals surface area contributed by atoms with Crippen LogP contribution in [0.1, 0.15) is 44.6 Å². The van der Waals surface area contributed by atoms with E-state index >= 15 is 0 Å². The Bertz CT molecular complexity index is 1720. The summed E-state index contributed by atoms with van der Waals surface area (Å²) in [6.07, 6.45) is 7.82. The summed E-state index contributed by atoms with van der Waals surface area (Å²) in [4.78, 5) is 26.3. The number of allylic oxidation sites excluding steroid dienone is 3. The van der Waals surface area contributed by atoms with Gasteiger partial charge in [-0.25, -0.2) is 22.9 Å². The fraction of sp³-hybridized carbons (Fsp3) is 0.444. The highest BCUT2D eigenvalue weighted by molar-refractivity contribution is 7.96. The van der Waals surface area contributed by atoms with E-state index in [9.17, 15) is 21.8 Å². The van der Waals surface area contributed by atoms with Crippen molar-refractivity contribution in [2.45, 2.75) is 50.3 Å². The summed E-state index contributed by atoms with van der Waals surface area (Å²) < 4.78 is 75.7. The van der Waals surface area contributed by atoms with Gasteiger partial charge in [0.25, 0.3) is 0 Å². The Morgan fingerprint density at radius 2 is 2.05 bits per heavy atom. The maximum atomic E-state index is 14.4. The number of rotatable bonds is 13. The fourth-order valence-electron chi connectivity index (χ4n) is 5.12. The number of halogens is 3. The minimum absolute atomic E-state index is 0.0686. The first kappa shape index (κ1) is 31.1. The lowest BCUT2D eigenvalue weighted by molar-refractivity contribution is -0.169. The third kappa shape index (κ3) is 6.72. The first-order valence-corrected chi connectivity index (χ1v) is 17.0. The van der Waals surface area contributed by atoms with E-state index in [1.165, 1.54) is 13.1 Å². The minimum atomic E-state index is -5.04. The summed E-state index contributed by atoms with van der Waals surface area (Å²) in [5, 5.41) is 1.62. The normalized spacial score (nSPS) is 16.7. The van der Waals surface area contributed by atoms with Crippen LogP contribution in [0.5, 0.6) is 5.75 Å². The number of nitrogens with zero attached hydrogens (tertiary/aromatic N) is 2. The number of alkyl halides is 2. The second-order valence-corrected chi connectivity index (χ2v) is 14.2. The van der Waals surface area contributed by atoms with Gasteiger partial charge < -0.3 is 19.5 Å². The Morgan fingerprint density at radius 1 is 1.29 bits per heavy atom. The number of fused-ring (bicyclic) bond motifs is 3. The number of benzene rings is 1. The molecule has 42 heavy (non-hydrogen) atoms. The molecule has 0 radical (unpaired) electrons. The van der Waals surface area contributed by atoms with Crippen LogP contribution in [0.15, 0.2) is 41.5 Å². The van der Waals surface area contributed by atoms with Gasteiger partial charge in [0.15, 0.2) is 9.84 Å². The highest BCUT2D eigenvalue weighted by Gasteiger charge is 2.39. The SMILES string of the molecule is CCN(CCCOc1ccc(C2=CC(S(=O)(=O)C3CC3)=CCC2)c2c1[nH]c1ncc(Cl)cc12)C(F)(F)COP(=O)(O)O. The van der Waals surface area contributed by atoms with Crippen LogP contribution >= 0.6 is 19.4 Å². The molecule has 10 nitrogen and oxygen atoms in total. The number of pyridine rings is 1. The van der Waals surface area contributed by atoms with E-state index in [2.05, 4.69) is 14.5 Å². The Hall–Kier alpha value is -2.38. The van der Waals surface area contributed by atoms with Crippen molar-refractivity contribution in [2.75, 3.05) is 26.3 Å². The Morgan fingerprint density at radius 3 is 2.74 bits per heavy atom. The molecule has 0 amide bonds. The molecule has 5 rings (SSSR count). The molecule has 0 aliphatic heterocycles. The van der Waals surface area contributed by atoms with Crippen molar-refractivity contribution in [2.24, 2.45) is 0 Å². The third-order valence-corrected chi connectivity index (χ3v) is 10.3. The molecule has 228 valence electrons. The highest BCUT2D eigenvalue weighted by Crippen LogP contribution is 2.42. The summed E-state index contributed by atoms with van der Waals surface area (Å²) in [6, 6.07) is 1.80. The van der Waals surface area contributed by atoms with Crippen molar-refractivity contribution >= 4 is 56.8 Å². The van der Waals surface area contributed by atoms with Crippen LogP contribution in [0.2, 0.25) is 5.02 Å². The zero-order valence-corrected chi connectivity index (χ0v) is 25.2. The van der Waals surface area contributed by atoms with Crippen LogP contribution in [0.25, 0.3) is 27.5 Å². The van der Waals surface area contributed by atoms with Gasteiger partial charge >= 0.3 is 13.9 Å². The monoisotopic (exact) mass is 645 g/mol. The highest BCUT2D eigenvalue weighted by atomic mass is 35.5. The molecule has 0 atom stereocenters. The van der Waals surface area contributed by atoms with E-state index in [1.807, 2.05) is 6.07 Å². The second-order valence-electron chi connectivity index (χ2n) is 10.3. The maximum Gasteiger partial charge on any atom is 0.469 e. The van der Waals surface area contributed by atoms with Crippen molar-refractivity contribution in [3.05, 3.63) is 52.0 Å². The lowest BCUT2D eigenvalue weighted by atomic mass is 9.93. The van der Waals surface area contributed by atoms with Crippen LogP contribution < -0.4 is 4.74 Å². The predicted molar refractivity (Wildman–Crippen MR) is 156 cm³/mol. The quantitative estimate of drug-likeness (QED) is 0.119. The number of aromatic nitrogens is 2. The lowest BCUT2D eigenvalue weighted by Crippen LogP contribution is -2.45. The number of nitrogens with one attached hydrogen (secondary N) is 1. The largest absolute Gasteiger partial charge is 0.491 e. The van der Waals surface area contributed by atoms with Crippen LogP contribution in [0.4, 0.5) is 8.78 Å². The molecule has 3 aromatic rings. The number of phosphoric acid groups is 1. The molecule has 1 fully saturated rings.